The molecule has 0 saturated carbocycles. The van der Waals surface area contributed by atoms with Gasteiger partial charge in [0.25, 0.3) is 5.69 Å². The normalized spacial score (nSPS) is 13.2. The summed E-state index contributed by atoms with van der Waals surface area (Å²) >= 11 is 3.28. The van der Waals surface area contributed by atoms with Gasteiger partial charge < -0.3 is 0 Å². The highest BCUT2D eigenvalue weighted by molar-refractivity contribution is 9.09. The van der Waals surface area contributed by atoms with Gasteiger partial charge in [-0.25, -0.2) is 8.42 Å². The molecule has 18 heavy (non-hydrogen) atoms. The molecule has 0 heterocycles. The monoisotopic (exact) mass is 335 g/mol. The predicted molar refractivity (Wildman–Crippen MR) is 72.7 cm³/mol. The van der Waals surface area contributed by atoms with Gasteiger partial charge in [0.2, 0.25) is 0 Å². The third-order valence-corrected chi connectivity index (χ3v) is 5.47. The second-order valence-corrected chi connectivity index (χ2v) is 6.64. The number of hydrogen-bond donors (Lipinski definition) is 0. The van der Waals surface area contributed by atoms with Gasteiger partial charge in [-0.05, 0) is 18.1 Å². The van der Waals surface area contributed by atoms with Gasteiger partial charge in [0.05, 0.1) is 15.6 Å². The van der Waals surface area contributed by atoms with Crippen LogP contribution in [0.1, 0.15) is 13.3 Å². The van der Waals surface area contributed by atoms with Crippen molar-refractivity contribution in [2.45, 2.75) is 18.2 Å². The summed E-state index contributed by atoms with van der Waals surface area (Å²) in [4.78, 5) is 10.1. The molecular formula is C11H14BrNO4S. The SMILES string of the molecule is CCC(CBr)CS(=O)(=O)c1ccc([N+](=O)[O-])cc1. The summed E-state index contributed by atoms with van der Waals surface area (Å²) in [6, 6.07) is 4.99. The minimum Gasteiger partial charge on any atom is -0.258 e. The van der Waals surface area contributed by atoms with Gasteiger partial charge in [-0.3, -0.25) is 10.1 Å². The number of benzene rings is 1. The van der Waals surface area contributed by atoms with Crippen LogP contribution in [0.2, 0.25) is 0 Å². The van der Waals surface area contributed by atoms with Gasteiger partial charge in [0.1, 0.15) is 0 Å². The smallest absolute Gasteiger partial charge is 0.258 e. The van der Waals surface area contributed by atoms with Crippen molar-refractivity contribution >= 4 is 31.5 Å². The Labute approximate surface area is 114 Å². The average Bonchev–Trinajstić information content (AvgIpc) is 2.36. The lowest BCUT2D eigenvalue weighted by Gasteiger charge is -2.11. The van der Waals surface area contributed by atoms with Crippen molar-refractivity contribution in [1.29, 1.82) is 0 Å². The summed E-state index contributed by atoms with van der Waals surface area (Å²) in [5.74, 6) is 0.0946. The Morgan fingerprint density at radius 3 is 2.28 bits per heavy atom. The summed E-state index contributed by atoms with van der Waals surface area (Å²) in [5.41, 5.74) is -0.110. The summed E-state index contributed by atoms with van der Waals surface area (Å²) in [6.07, 6.45) is 0.761. The molecule has 1 atom stereocenters. The first-order valence-electron chi connectivity index (χ1n) is 5.44. The molecule has 0 spiro atoms. The van der Waals surface area contributed by atoms with Crippen molar-refractivity contribution in [2.24, 2.45) is 5.92 Å². The summed E-state index contributed by atoms with van der Waals surface area (Å²) in [7, 11) is -3.38. The Kier molecular flexibility index (Phi) is 5.28. The van der Waals surface area contributed by atoms with Crippen LogP contribution >= 0.6 is 15.9 Å². The standard InChI is InChI=1S/C11H14BrNO4S/c1-2-9(7-12)8-18(16,17)11-5-3-10(4-6-11)13(14)15/h3-6,9H,2,7-8H2,1H3. The number of nitro benzene ring substituents is 1. The van der Waals surface area contributed by atoms with Crippen LogP contribution in [0.3, 0.4) is 0 Å². The van der Waals surface area contributed by atoms with Crippen LogP contribution in [-0.2, 0) is 9.84 Å². The van der Waals surface area contributed by atoms with E-state index in [9.17, 15) is 18.5 Å². The number of sulfone groups is 1. The third kappa shape index (κ3) is 3.78. The van der Waals surface area contributed by atoms with Crippen LogP contribution < -0.4 is 0 Å². The van der Waals surface area contributed by atoms with Crippen molar-refractivity contribution in [3.8, 4) is 0 Å². The molecular weight excluding hydrogens is 322 g/mol. The molecule has 0 N–H and O–H groups in total. The highest BCUT2D eigenvalue weighted by Gasteiger charge is 2.20. The molecule has 0 aliphatic carbocycles. The number of alkyl halides is 1. The predicted octanol–water partition coefficient (Wildman–Crippen LogP) is 2.79. The lowest BCUT2D eigenvalue weighted by molar-refractivity contribution is -0.384. The molecule has 0 aliphatic heterocycles. The highest BCUT2D eigenvalue weighted by atomic mass is 79.9. The average molecular weight is 336 g/mol. The zero-order valence-electron chi connectivity index (χ0n) is 9.87. The van der Waals surface area contributed by atoms with Crippen molar-refractivity contribution < 1.29 is 13.3 Å². The fourth-order valence-electron chi connectivity index (χ4n) is 1.45. The second kappa shape index (κ2) is 6.29. The molecule has 0 amide bonds. The summed E-state index contributed by atoms with van der Waals surface area (Å²) < 4.78 is 24.1. The van der Waals surface area contributed by atoms with E-state index in [-0.39, 0.29) is 22.3 Å². The Morgan fingerprint density at radius 2 is 1.89 bits per heavy atom. The summed E-state index contributed by atoms with van der Waals surface area (Å²) in [5, 5.41) is 11.1. The van der Waals surface area contributed by atoms with Crippen LogP contribution in [0, 0.1) is 16.0 Å². The van der Waals surface area contributed by atoms with E-state index in [4.69, 9.17) is 0 Å². The molecule has 0 radical (unpaired) electrons. The van der Waals surface area contributed by atoms with E-state index in [0.29, 0.717) is 5.33 Å². The molecule has 7 heteroatoms. The zero-order valence-corrected chi connectivity index (χ0v) is 12.3. The molecule has 5 nitrogen and oxygen atoms in total. The van der Waals surface area contributed by atoms with Gasteiger partial charge in [-0.15, -0.1) is 0 Å². The first-order chi connectivity index (χ1) is 8.40. The maximum Gasteiger partial charge on any atom is 0.269 e. The molecule has 1 aromatic carbocycles. The van der Waals surface area contributed by atoms with Gasteiger partial charge in [0, 0.05) is 17.5 Å². The third-order valence-electron chi connectivity index (χ3n) is 2.66. The van der Waals surface area contributed by atoms with Gasteiger partial charge >= 0.3 is 0 Å². The van der Waals surface area contributed by atoms with E-state index in [1.807, 2.05) is 6.92 Å². The second-order valence-electron chi connectivity index (χ2n) is 3.96. The van der Waals surface area contributed by atoms with Crippen molar-refractivity contribution in [3.63, 3.8) is 0 Å². The van der Waals surface area contributed by atoms with E-state index >= 15 is 0 Å². The van der Waals surface area contributed by atoms with Crippen molar-refractivity contribution in [3.05, 3.63) is 34.4 Å². The number of non-ortho nitro benzene ring substituents is 1. The molecule has 0 bridgehead atoms. The molecule has 0 saturated heterocycles. The summed E-state index contributed by atoms with van der Waals surface area (Å²) in [6.45, 7) is 1.93. The van der Waals surface area contributed by atoms with Crippen molar-refractivity contribution in [2.75, 3.05) is 11.1 Å². The lowest BCUT2D eigenvalue weighted by Crippen LogP contribution is -2.17. The Morgan fingerprint density at radius 1 is 1.33 bits per heavy atom. The van der Waals surface area contributed by atoms with Crippen LogP contribution in [-0.4, -0.2) is 24.4 Å². The van der Waals surface area contributed by atoms with Crippen LogP contribution in [0.25, 0.3) is 0 Å². The first kappa shape index (κ1) is 15.1. The molecule has 1 unspecified atom stereocenters. The Bertz CT molecular complexity index is 508. The number of nitrogens with zero attached hydrogens (tertiary/aromatic N) is 1. The van der Waals surface area contributed by atoms with E-state index in [1.54, 1.807) is 0 Å². The molecule has 100 valence electrons. The molecule has 0 aromatic heterocycles. The van der Waals surface area contributed by atoms with E-state index in [0.717, 1.165) is 6.42 Å². The fraction of sp³-hybridized carbons (Fsp3) is 0.455. The van der Waals surface area contributed by atoms with Crippen LogP contribution in [0.5, 0.6) is 0 Å². The van der Waals surface area contributed by atoms with Crippen LogP contribution in [0.4, 0.5) is 5.69 Å². The molecule has 0 aliphatic rings. The lowest BCUT2D eigenvalue weighted by atomic mass is 10.2. The maximum absolute atomic E-state index is 12.1. The maximum atomic E-state index is 12.1. The van der Waals surface area contributed by atoms with Gasteiger partial charge in [0.15, 0.2) is 9.84 Å². The number of hydrogen-bond acceptors (Lipinski definition) is 4. The minimum absolute atomic E-state index is 0.0465. The molecule has 0 fully saturated rings. The first-order valence-corrected chi connectivity index (χ1v) is 8.21. The number of halogens is 1. The topological polar surface area (TPSA) is 77.3 Å². The van der Waals surface area contributed by atoms with E-state index in [1.165, 1.54) is 24.3 Å². The van der Waals surface area contributed by atoms with Gasteiger partial charge in [-0.2, -0.15) is 0 Å². The highest BCUT2D eigenvalue weighted by Crippen LogP contribution is 2.20. The van der Waals surface area contributed by atoms with E-state index in [2.05, 4.69) is 15.9 Å². The largest absolute Gasteiger partial charge is 0.269 e. The van der Waals surface area contributed by atoms with Crippen LogP contribution in [0.15, 0.2) is 29.2 Å². The Balaban J connectivity index is 2.95. The zero-order chi connectivity index (χ0) is 13.8. The van der Waals surface area contributed by atoms with Gasteiger partial charge in [-0.1, -0.05) is 29.3 Å². The minimum atomic E-state index is -3.38. The Hall–Kier alpha value is -0.950. The van der Waals surface area contributed by atoms with E-state index < -0.39 is 14.8 Å². The molecule has 1 rings (SSSR count). The number of rotatable bonds is 6. The fourth-order valence-corrected chi connectivity index (χ4v) is 4.16. The quantitative estimate of drug-likeness (QED) is 0.455. The number of nitro groups is 1. The molecule has 1 aromatic rings. The van der Waals surface area contributed by atoms with Crippen molar-refractivity contribution in [1.82, 2.24) is 0 Å².